The zero-order chi connectivity index (χ0) is 19.5. The minimum Gasteiger partial charge on any atom is -0.340 e. The molecule has 4 rings (SSSR count). The molecule has 2 fully saturated rings. The summed E-state index contributed by atoms with van der Waals surface area (Å²) < 4.78 is 0. The van der Waals surface area contributed by atoms with Gasteiger partial charge in [0.25, 0.3) is 0 Å². The van der Waals surface area contributed by atoms with Gasteiger partial charge in [0.05, 0.1) is 22.5 Å². The number of rotatable bonds is 5. The minimum atomic E-state index is -0.244. The van der Waals surface area contributed by atoms with E-state index in [-0.39, 0.29) is 23.7 Å². The second kappa shape index (κ2) is 8.33. The molecule has 28 heavy (non-hydrogen) atoms. The topological polar surface area (TPSA) is 52.7 Å². The Hall–Kier alpha value is -2.37. The van der Waals surface area contributed by atoms with E-state index in [1.807, 2.05) is 23.1 Å². The standard InChI is InChI=1S/C22H24ClN3O2/c23-19-8-4-5-9-20(19)24-21(27)17-14-18(17)22(28)26-12-10-25(11-13-26)15-16-6-2-1-3-7-16/h1-9,17-18H,10-15H2,(H,24,27). The van der Waals surface area contributed by atoms with Gasteiger partial charge in [0.2, 0.25) is 11.8 Å². The van der Waals surface area contributed by atoms with Gasteiger partial charge in [0, 0.05) is 32.7 Å². The van der Waals surface area contributed by atoms with Crippen LogP contribution in [0.15, 0.2) is 54.6 Å². The Morgan fingerprint density at radius 2 is 1.61 bits per heavy atom. The first kappa shape index (κ1) is 19.0. The van der Waals surface area contributed by atoms with E-state index in [0.717, 1.165) is 32.7 Å². The van der Waals surface area contributed by atoms with Gasteiger partial charge in [0.1, 0.15) is 0 Å². The highest BCUT2D eigenvalue weighted by atomic mass is 35.5. The van der Waals surface area contributed by atoms with E-state index in [1.54, 1.807) is 12.1 Å². The van der Waals surface area contributed by atoms with Gasteiger partial charge < -0.3 is 10.2 Å². The van der Waals surface area contributed by atoms with Gasteiger partial charge in [-0.1, -0.05) is 54.1 Å². The molecule has 2 atom stereocenters. The summed E-state index contributed by atoms with van der Waals surface area (Å²) in [7, 11) is 0. The Morgan fingerprint density at radius 3 is 2.32 bits per heavy atom. The Kier molecular flexibility index (Phi) is 5.64. The largest absolute Gasteiger partial charge is 0.340 e. The second-order valence-corrected chi connectivity index (χ2v) is 7.91. The van der Waals surface area contributed by atoms with Crippen LogP contribution in [0.25, 0.3) is 0 Å². The maximum absolute atomic E-state index is 12.8. The Labute approximate surface area is 170 Å². The van der Waals surface area contributed by atoms with Crippen LogP contribution in [-0.4, -0.2) is 47.8 Å². The number of carbonyl (C=O) groups excluding carboxylic acids is 2. The van der Waals surface area contributed by atoms with Crippen LogP contribution < -0.4 is 5.32 Å². The highest BCUT2D eigenvalue weighted by Gasteiger charge is 2.49. The number of benzene rings is 2. The zero-order valence-electron chi connectivity index (χ0n) is 15.7. The minimum absolute atomic E-state index is 0.110. The third-order valence-corrected chi connectivity index (χ3v) is 5.84. The highest BCUT2D eigenvalue weighted by molar-refractivity contribution is 6.33. The van der Waals surface area contributed by atoms with Crippen molar-refractivity contribution < 1.29 is 9.59 Å². The van der Waals surface area contributed by atoms with Crippen molar-refractivity contribution in [2.24, 2.45) is 11.8 Å². The molecule has 1 saturated heterocycles. The lowest BCUT2D eigenvalue weighted by Gasteiger charge is -2.35. The predicted molar refractivity (Wildman–Crippen MR) is 110 cm³/mol. The molecular formula is C22H24ClN3O2. The summed E-state index contributed by atoms with van der Waals surface area (Å²) in [6.45, 7) is 4.09. The molecule has 2 amide bonds. The van der Waals surface area contributed by atoms with E-state index < -0.39 is 0 Å². The molecule has 5 nitrogen and oxygen atoms in total. The number of nitrogens with zero attached hydrogens (tertiary/aromatic N) is 2. The number of carbonyl (C=O) groups is 2. The van der Waals surface area contributed by atoms with Crippen molar-refractivity contribution in [1.82, 2.24) is 9.80 Å². The average molecular weight is 398 g/mol. The molecule has 0 radical (unpaired) electrons. The molecule has 2 aromatic rings. The molecule has 2 aliphatic rings. The lowest BCUT2D eigenvalue weighted by atomic mass is 10.2. The molecule has 2 unspecified atom stereocenters. The van der Waals surface area contributed by atoms with Crippen LogP contribution in [0.4, 0.5) is 5.69 Å². The van der Waals surface area contributed by atoms with Crippen LogP contribution in [0.5, 0.6) is 0 Å². The Bertz CT molecular complexity index is 850. The summed E-state index contributed by atoms with van der Waals surface area (Å²) in [4.78, 5) is 29.5. The summed E-state index contributed by atoms with van der Waals surface area (Å²) in [5.74, 6) is -0.442. The van der Waals surface area contributed by atoms with Gasteiger partial charge in [-0.25, -0.2) is 0 Å². The van der Waals surface area contributed by atoms with Crippen LogP contribution >= 0.6 is 11.6 Å². The van der Waals surface area contributed by atoms with Crippen molar-refractivity contribution >= 4 is 29.1 Å². The summed E-state index contributed by atoms with van der Waals surface area (Å²) >= 11 is 6.09. The first-order valence-electron chi connectivity index (χ1n) is 9.72. The molecule has 0 bridgehead atoms. The monoisotopic (exact) mass is 397 g/mol. The first-order valence-corrected chi connectivity index (χ1v) is 10.1. The molecule has 146 valence electrons. The molecule has 6 heteroatoms. The Balaban J connectivity index is 1.25. The molecule has 1 aliphatic carbocycles. The Morgan fingerprint density at radius 1 is 0.929 bits per heavy atom. The number of hydrogen-bond donors (Lipinski definition) is 1. The van der Waals surface area contributed by atoms with Gasteiger partial charge in [-0.05, 0) is 24.1 Å². The number of hydrogen-bond acceptors (Lipinski definition) is 3. The highest BCUT2D eigenvalue weighted by Crippen LogP contribution is 2.41. The molecular weight excluding hydrogens is 374 g/mol. The molecule has 2 aromatic carbocycles. The zero-order valence-corrected chi connectivity index (χ0v) is 16.4. The van der Waals surface area contributed by atoms with E-state index in [0.29, 0.717) is 17.1 Å². The SMILES string of the molecule is O=C(Nc1ccccc1Cl)C1CC1C(=O)N1CCN(Cc2ccccc2)CC1. The number of anilines is 1. The maximum Gasteiger partial charge on any atom is 0.228 e. The summed E-state index contributed by atoms with van der Waals surface area (Å²) in [5, 5.41) is 3.35. The van der Waals surface area contributed by atoms with Crippen LogP contribution in [0.2, 0.25) is 5.02 Å². The van der Waals surface area contributed by atoms with Gasteiger partial charge in [-0.3, -0.25) is 14.5 Å². The van der Waals surface area contributed by atoms with Gasteiger partial charge >= 0.3 is 0 Å². The lowest BCUT2D eigenvalue weighted by Crippen LogP contribution is -2.49. The van der Waals surface area contributed by atoms with E-state index in [9.17, 15) is 9.59 Å². The molecule has 0 aromatic heterocycles. The molecule has 1 N–H and O–H groups in total. The molecule has 1 heterocycles. The lowest BCUT2D eigenvalue weighted by molar-refractivity contribution is -0.135. The van der Waals surface area contributed by atoms with Crippen molar-refractivity contribution in [1.29, 1.82) is 0 Å². The van der Waals surface area contributed by atoms with Crippen molar-refractivity contribution in [3.8, 4) is 0 Å². The van der Waals surface area contributed by atoms with Crippen LogP contribution in [0.3, 0.4) is 0 Å². The van der Waals surface area contributed by atoms with Crippen molar-refractivity contribution in [3.63, 3.8) is 0 Å². The summed E-state index contributed by atoms with van der Waals surface area (Å²) in [5.41, 5.74) is 1.89. The number of halogens is 1. The van der Waals surface area contributed by atoms with Gasteiger partial charge in [-0.2, -0.15) is 0 Å². The number of piperazine rings is 1. The van der Waals surface area contributed by atoms with Crippen molar-refractivity contribution in [2.75, 3.05) is 31.5 Å². The van der Waals surface area contributed by atoms with Crippen molar-refractivity contribution in [3.05, 3.63) is 65.2 Å². The fourth-order valence-electron chi connectivity index (χ4n) is 3.75. The van der Waals surface area contributed by atoms with E-state index in [2.05, 4.69) is 34.5 Å². The van der Waals surface area contributed by atoms with Crippen LogP contribution in [0.1, 0.15) is 12.0 Å². The first-order chi connectivity index (χ1) is 13.6. The predicted octanol–water partition coefficient (Wildman–Crippen LogP) is 3.26. The number of amides is 2. The maximum atomic E-state index is 12.8. The van der Waals surface area contributed by atoms with Crippen molar-refractivity contribution in [2.45, 2.75) is 13.0 Å². The summed E-state index contributed by atoms with van der Waals surface area (Å²) in [6.07, 6.45) is 0.624. The smallest absolute Gasteiger partial charge is 0.228 e. The van der Waals surface area contributed by atoms with E-state index in [4.69, 9.17) is 11.6 Å². The third kappa shape index (κ3) is 4.37. The van der Waals surface area contributed by atoms with Gasteiger partial charge in [-0.15, -0.1) is 0 Å². The average Bonchev–Trinajstić information content (AvgIpc) is 3.52. The molecule has 1 saturated carbocycles. The number of nitrogens with one attached hydrogen (secondary N) is 1. The fourth-order valence-corrected chi connectivity index (χ4v) is 3.93. The number of para-hydroxylation sites is 1. The van der Waals surface area contributed by atoms with Crippen LogP contribution in [-0.2, 0) is 16.1 Å². The van der Waals surface area contributed by atoms with E-state index in [1.165, 1.54) is 5.56 Å². The fraction of sp³-hybridized carbons (Fsp3) is 0.364. The molecule has 0 spiro atoms. The van der Waals surface area contributed by atoms with E-state index >= 15 is 0 Å². The summed E-state index contributed by atoms with van der Waals surface area (Å²) in [6, 6.07) is 17.5. The molecule has 1 aliphatic heterocycles. The second-order valence-electron chi connectivity index (χ2n) is 7.50. The van der Waals surface area contributed by atoms with Gasteiger partial charge in [0.15, 0.2) is 0 Å². The normalized spacial score (nSPS) is 22.0. The van der Waals surface area contributed by atoms with Crippen LogP contribution in [0, 0.1) is 11.8 Å². The quantitative estimate of drug-likeness (QED) is 0.842. The third-order valence-electron chi connectivity index (χ3n) is 5.51.